The Morgan fingerprint density at radius 1 is 1.22 bits per heavy atom. The number of amides is 3. The van der Waals surface area contributed by atoms with Crippen LogP contribution in [-0.4, -0.2) is 64.9 Å². The number of carboxylic acids is 1. The van der Waals surface area contributed by atoms with Gasteiger partial charge in [0, 0.05) is 6.54 Å². The third-order valence-corrected chi connectivity index (χ3v) is 5.05. The van der Waals surface area contributed by atoms with Crippen molar-refractivity contribution in [1.29, 1.82) is 0 Å². The van der Waals surface area contributed by atoms with Gasteiger partial charge in [-0.3, -0.25) is 14.4 Å². The third kappa shape index (κ3) is 6.20. The molecule has 27 heavy (non-hydrogen) atoms. The van der Waals surface area contributed by atoms with Crippen LogP contribution in [0.5, 0.6) is 0 Å². The Morgan fingerprint density at radius 3 is 2.37 bits per heavy atom. The minimum atomic E-state index is -1.13. The summed E-state index contributed by atoms with van der Waals surface area (Å²) < 4.78 is 0. The third-order valence-electron chi connectivity index (χ3n) is 5.05. The van der Waals surface area contributed by atoms with Gasteiger partial charge in [-0.1, -0.05) is 34.1 Å². The second-order valence-corrected chi connectivity index (χ2v) is 7.45. The fourth-order valence-corrected chi connectivity index (χ4v) is 3.02. The van der Waals surface area contributed by atoms with Gasteiger partial charge in [0.2, 0.25) is 17.7 Å². The van der Waals surface area contributed by atoms with Gasteiger partial charge in [0.15, 0.2) is 0 Å². The van der Waals surface area contributed by atoms with E-state index in [2.05, 4.69) is 10.6 Å². The molecule has 0 spiro atoms. The van der Waals surface area contributed by atoms with Crippen LogP contribution in [0.15, 0.2) is 0 Å². The molecule has 1 aliphatic heterocycles. The molecule has 9 nitrogen and oxygen atoms in total. The Morgan fingerprint density at radius 2 is 1.85 bits per heavy atom. The molecule has 1 heterocycles. The Kier molecular flexibility index (Phi) is 8.68. The molecule has 0 aromatic heterocycles. The molecule has 5 N–H and O–H groups in total. The highest BCUT2D eigenvalue weighted by atomic mass is 16.4. The van der Waals surface area contributed by atoms with Crippen LogP contribution in [0.3, 0.4) is 0 Å². The Hall–Kier alpha value is -2.16. The molecule has 0 saturated carbocycles. The number of likely N-dealkylation sites (tertiary alicyclic amines) is 1. The molecule has 0 aliphatic carbocycles. The van der Waals surface area contributed by atoms with Crippen LogP contribution >= 0.6 is 0 Å². The molecule has 1 aliphatic rings. The lowest BCUT2D eigenvalue weighted by Crippen LogP contribution is -2.54. The lowest BCUT2D eigenvalue weighted by atomic mass is 9.98. The average Bonchev–Trinajstić information content (AvgIpc) is 3.11. The predicted octanol–water partition coefficient (Wildman–Crippen LogP) is -0.308. The quantitative estimate of drug-likeness (QED) is 0.430. The lowest BCUT2D eigenvalue weighted by Gasteiger charge is -2.28. The molecule has 9 heteroatoms. The Bertz CT molecular complexity index is 566. The monoisotopic (exact) mass is 384 g/mol. The molecule has 0 aromatic carbocycles. The van der Waals surface area contributed by atoms with Crippen molar-refractivity contribution in [2.75, 3.05) is 13.1 Å². The van der Waals surface area contributed by atoms with Crippen LogP contribution in [-0.2, 0) is 19.2 Å². The first-order valence-electron chi connectivity index (χ1n) is 9.46. The number of rotatable bonds is 9. The van der Waals surface area contributed by atoms with E-state index in [4.69, 9.17) is 10.8 Å². The highest BCUT2D eigenvalue weighted by molar-refractivity contribution is 5.93. The summed E-state index contributed by atoms with van der Waals surface area (Å²) >= 11 is 0. The number of carbonyl (C=O) groups excluding carboxylic acids is 3. The van der Waals surface area contributed by atoms with Gasteiger partial charge in [0.25, 0.3) is 0 Å². The van der Waals surface area contributed by atoms with Crippen LogP contribution in [0.1, 0.15) is 47.0 Å². The van der Waals surface area contributed by atoms with Gasteiger partial charge in [-0.05, 0) is 24.7 Å². The maximum atomic E-state index is 12.6. The van der Waals surface area contributed by atoms with E-state index in [0.29, 0.717) is 19.4 Å². The Balaban J connectivity index is 2.61. The predicted molar refractivity (Wildman–Crippen MR) is 99.6 cm³/mol. The molecule has 1 rings (SSSR count). The molecule has 1 fully saturated rings. The minimum Gasteiger partial charge on any atom is -0.480 e. The first-order chi connectivity index (χ1) is 12.6. The number of nitrogens with zero attached hydrogens (tertiary/aromatic N) is 1. The molecule has 4 unspecified atom stereocenters. The van der Waals surface area contributed by atoms with Gasteiger partial charge in [-0.15, -0.1) is 0 Å². The van der Waals surface area contributed by atoms with E-state index < -0.39 is 35.9 Å². The highest BCUT2D eigenvalue weighted by Crippen LogP contribution is 2.20. The van der Waals surface area contributed by atoms with E-state index in [9.17, 15) is 19.2 Å². The standard InChI is InChI=1S/C18H32N4O5/c1-5-11(4)14(19)17(25)22-8-6-7-12(22)16(24)20-9-13(23)21-15(10(2)3)18(26)27/h10-12,14-15H,5-9,19H2,1-4H3,(H,20,24)(H,21,23)(H,26,27). The maximum absolute atomic E-state index is 12.6. The number of nitrogens with one attached hydrogen (secondary N) is 2. The number of carboxylic acid groups (broad SMARTS) is 1. The van der Waals surface area contributed by atoms with E-state index >= 15 is 0 Å². The van der Waals surface area contributed by atoms with Gasteiger partial charge in [-0.25, -0.2) is 4.79 Å². The Labute approximate surface area is 160 Å². The summed E-state index contributed by atoms with van der Waals surface area (Å²) in [4.78, 5) is 49.6. The molecular weight excluding hydrogens is 352 g/mol. The second-order valence-electron chi connectivity index (χ2n) is 7.45. The smallest absolute Gasteiger partial charge is 0.326 e. The van der Waals surface area contributed by atoms with Crippen LogP contribution in [0.4, 0.5) is 0 Å². The average molecular weight is 384 g/mol. The van der Waals surface area contributed by atoms with Gasteiger partial charge in [0.1, 0.15) is 12.1 Å². The van der Waals surface area contributed by atoms with Crippen molar-refractivity contribution in [2.24, 2.45) is 17.6 Å². The topological polar surface area (TPSA) is 142 Å². The molecule has 1 saturated heterocycles. The number of nitrogens with two attached hydrogens (primary N) is 1. The summed E-state index contributed by atoms with van der Waals surface area (Å²) in [6, 6.07) is -2.33. The molecule has 0 radical (unpaired) electrons. The van der Waals surface area contributed by atoms with Crippen molar-refractivity contribution < 1.29 is 24.3 Å². The van der Waals surface area contributed by atoms with Gasteiger partial charge in [0.05, 0.1) is 12.6 Å². The summed E-state index contributed by atoms with van der Waals surface area (Å²) in [6.07, 6.45) is 1.96. The molecule has 3 amide bonds. The summed E-state index contributed by atoms with van der Waals surface area (Å²) in [6.45, 7) is 7.32. The van der Waals surface area contributed by atoms with E-state index in [1.807, 2.05) is 13.8 Å². The van der Waals surface area contributed by atoms with E-state index in [0.717, 1.165) is 6.42 Å². The molecule has 0 aromatic rings. The molecular formula is C18H32N4O5. The molecule has 4 atom stereocenters. The lowest BCUT2D eigenvalue weighted by molar-refractivity contribution is -0.143. The SMILES string of the molecule is CCC(C)C(N)C(=O)N1CCCC1C(=O)NCC(=O)NC(C(=O)O)C(C)C. The number of carbonyl (C=O) groups is 4. The number of hydrogen-bond donors (Lipinski definition) is 4. The zero-order valence-electron chi connectivity index (χ0n) is 16.5. The first-order valence-corrected chi connectivity index (χ1v) is 9.46. The van der Waals surface area contributed by atoms with E-state index in [-0.39, 0.29) is 24.3 Å². The van der Waals surface area contributed by atoms with E-state index in [1.54, 1.807) is 13.8 Å². The number of hydrogen-bond acceptors (Lipinski definition) is 5. The van der Waals surface area contributed by atoms with Crippen molar-refractivity contribution in [3.63, 3.8) is 0 Å². The zero-order chi connectivity index (χ0) is 20.7. The first kappa shape index (κ1) is 22.9. The van der Waals surface area contributed by atoms with Crippen LogP contribution < -0.4 is 16.4 Å². The molecule has 0 bridgehead atoms. The maximum Gasteiger partial charge on any atom is 0.326 e. The highest BCUT2D eigenvalue weighted by Gasteiger charge is 2.37. The normalized spacial score (nSPS) is 20.1. The fraction of sp³-hybridized carbons (Fsp3) is 0.778. The summed E-state index contributed by atoms with van der Waals surface area (Å²) in [5.41, 5.74) is 6.00. The van der Waals surface area contributed by atoms with Crippen LogP contribution in [0.2, 0.25) is 0 Å². The molecule has 154 valence electrons. The largest absolute Gasteiger partial charge is 0.480 e. The van der Waals surface area contributed by atoms with Crippen molar-refractivity contribution in [2.45, 2.75) is 65.1 Å². The van der Waals surface area contributed by atoms with Crippen LogP contribution in [0.25, 0.3) is 0 Å². The van der Waals surface area contributed by atoms with Crippen molar-refractivity contribution in [1.82, 2.24) is 15.5 Å². The van der Waals surface area contributed by atoms with Crippen molar-refractivity contribution in [3.8, 4) is 0 Å². The van der Waals surface area contributed by atoms with Crippen molar-refractivity contribution >= 4 is 23.7 Å². The van der Waals surface area contributed by atoms with Crippen molar-refractivity contribution in [3.05, 3.63) is 0 Å². The summed E-state index contributed by atoms with van der Waals surface area (Å²) in [5, 5.41) is 14.0. The van der Waals surface area contributed by atoms with E-state index in [1.165, 1.54) is 4.90 Å². The van der Waals surface area contributed by atoms with Gasteiger partial charge < -0.3 is 26.4 Å². The van der Waals surface area contributed by atoms with Gasteiger partial charge >= 0.3 is 5.97 Å². The van der Waals surface area contributed by atoms with Crippen LogP contribution in [0, 0.1) is 11.8 Å². The minimum absolute atomic E-state index is 0.0107. The zero-order valence-corrected chi connectivity index (χ0v) is 16.5. The number of aliphatic carboxylic acids is 1. The summed E-state index contributed by atoms with van der Waals surface area (Å²) in [7, 11) is 0. The second kappa shape index (κ2) is 10.2. The summed E-state index contributed by atoms with van der Waals surface area (Å²) in [5.74, 6) is -2.67. The fourth-order valence-electron chi connectivity index (χ4n) is 3.02. The van der Waals surface area contributed by atoms with Gasteiger partial charge in [-0.2, -0.15) is 0 Å².